The molecule has 0 unspecified atom stereocenters. The zero-order valence-corrected chi connectivity index (χ0v) is 18.9. The quantitative estimate of drug-likeness (QED) is 0.560. The van der Waals surface area contributed by atoms with Crippen molar-refractivity contribution in [2.24, 2.45) is 0 Å². The fraction of sp³-hybridized carbons (Fsp3) is 0.385. The van der Waals surface area contributed by atoms with Crippen molar-refractivity contribution in [2.45, 2.75) is 64.3 Å². The van der Waals surface area contributed by atoms with Gasteiger partial charge in [-0.25, -0.2) is 9.97 Å². The second-order valence-electron chi connectivity index (χ2n) is 9.68. The molecule has 0 amide bonds. The summed E-state index contributed by atoms with van der Waals surface area (Å²) < 4.78 is 6.11. The molecule has 0 saturated carbocycles. The fourth-order valence-corrected chi connectivity index (χ4v) is 4.71. The lowest BCUT2D eigenvalue weighted by atomic mass is 9.79. The van der Waals surface area contributed by atoms with Crippen molar-refractivity contribution in [3.63, 3.8) is 0 Å². The van der Waals surface area contributed by atoms with E-state index < -0.39 is 0 Å². The molecule has 162 valence electrons. The maximum Gasteiger partial charge on any atom is 0.165 e. The van der Waals surface area contributed by atoms with Crippen LogP contribution in [0, 0.1) is 0 Å². The summed E-state index contributed by atoms with van der Waals surface area (Å²) in [6.07, 6.45) is 3.88. The van der Waals surface area contributed by atoms with E-state index in [9.17, 15) is 0 Å². The van der Waals surface area contributed by atoms with Crippen LogP contribution in [0.15, 0.2) is 66.9 Å². The molecule has 2 aromatic carbocycles. The Bertz CT molecular complexity index is 1000. The maximum absolute atomic E-state index is 6.11. The molecule has 0 atom stereocenters. The van der Waals surface area contributed by atoms with Crippen LogP contribution in [0.3, 0.4) is 0 Å². The van der Waals surface area contributed by atoms with Crippen molar-refractivity contribution in [1.29, 1.82) is 0 Å². The maximum atomic E-state index is 6.11. The monoisotopic (exact) mass is 416 g/mol. The van der Waals surface area contributed by atoms with E-state index in [0.29, 0.717) is 18.5 Å². The minimum atomic E-state index is 0.0765. The highest BCUT2D eigenvalue weighted by atomic mass is 16.5. The molecule has 2 N–H and O–H groups in total. The van der Waals surface area contributed by atoms with Crippen molar-refractivity contribution >= 4 is 5.82 Å². The van der Waals surface area contributed by atoms with Crippen LogP contribution in [-0.4, -0.2) is 27.1 Å². The number of benzene rings is 2. The van der Waals surface area contributed by atoms with Gasteiger partial charge in [0.15, 0.2) is 5.82 Å². The molecule has 4 rings (SSSR count). The van der Waals surface area contributed by atoms with Crippen molar-refractivity contribution in [3.05, 3.63) is 72.4 Å². The minimum absolute atomic E-state index is 0.0765. The highest BCUT2D eigenvalue weighted by Crippen LogP contribution is 2.31. The molecule has 0 aliphatic carbocycles. The third-order valence-corrected chi connectivity index (χ3v) is 5.56. The Morgan fingerprint density at radius 2 is 1.61 bits per heavy atom. The fourth-order valence-electron chi connectivity index (χ4n) is 4.71. The predicted octanol–water partition coefficient (Wildman–Crippen LogP) is 5.44. The Labute approximate surface area is 185 Å². The summed E-state index contributed by atoms with van der Waals surface area (Å²) >= 11 is 0. The summed E-state index contributed by atoms with van der Waals surface area (Å²) in [6.45, 7) is 9.54. The van der Waals surface area contributed by atoms with Crippen LogP contribution < -0.4 is 15.4 Å². The Morgan fingerprint density at radius 3 is 2.35 bits per heavy atom. The van der Waals surface area contributed by atoms with Gasteiger partial charge in [-0.3, -0.25) is 0 Å². The molecule has 0 radical (unpaired) electrons. The highest BCUT2D eigenvalue weighted by Gasteiger charge is 2.37. The third kappa shape index (κ3) is 5.61. The van der Waals surface area contributed by atoms with Crippen LogP contribution in [0.5, 0.6) is 5.75 Å². The molecule has 5 heteroatoms. The van der Waals surface area contributed by atoms with Crippen LogP contribution in [0.1, 0.15) is 46.1 Å². The Morgan fingerprint density at radius 1 is 0.935 bits per heavy atom. The first-order valence-electron chi connectivity index (χ1n) is 10.9. The number of nitrogens with one attached hydrogen (secondary N) is 2. The second kappa shape index (κ2) is 8.67. The number of anilines is 1. The summed E-state index contributed by atoms with van der Waals surface area (Å²) in [4.78, 5) is 9.36. The molecular weight excluding hydrogens is 384 g/mol. The molecule has 1 fully saturated rings. The zero-order valence-electron chi connectivity index (χ0n) is 18.9. The number of hydrogen-bond acceptors (Lipinski definition) is 5. The van der Waals surface area contributed by atoms with Gasteiger partial charge in [0.05, 0.1) is 5.56 Å². The van der Waals surface area contributed by atoms with Crippen molar-refractivity contribution in [2.75, 3.05) is 5.32 Å². The van der Waals surface area contributed by atoms with Crippen LogP contribution in [0.25, 0.3) is 11.4 Å². The summed E-state index contributed by atoms with van der Waals surface area (Å²) in [5.74, 6) is 2.30. The first kappa shape index (κ1) is 21.3. The van der Waals surface area contributed by atoms with Gasteiger partial charge in [-0.2, -0.15) is 0 Å². The van der Waals surface area contributed by atoms with Gasteiger partial charge in [0.1, 0.15) is 18.2 Å². The van der Waals surface area contributed by atoms with Gasteiger partial charge in [-0.05, 0) is 64.3 Å². The number of hydrogen-bond donors (Lipinski definition) is 2. The topological polar surface area (TPSA) is 59.1 Å². The molecule has 1 aliphatic heterocycles. The first-order valence-corrected chi connectivity index (χ1v) is 10.9. The normalized spacial score (nSPS) is 17.8. The SMILES string of the molecule is CC1(C)CC(Nc2ccnc(-c3ccccc3OCc3ccccc3)n2)CC(C)(C)N1. The van der Waals surface area contributed by atoms with Gasteiger partial charge >= 0.3 is 0 Å². The third-order valence-electron chi connectivity index (χ3n) is 5.56. The smallest absolute Gasteiger partial charge is 0.165 e. The van der Waals surface area contributed by atoms with Crippen molar-refractivity contribution in [3.8, 4) is 17.1 Å². The number of para-hydroxylation sites is 1. The summed E-state index contributed by atoms with van der Waals surface area (Å²) in [6, 6.07) is 20.4. The first-order chi connectivity index (χ1) is 14.8. The number of ether oxygens (including phenoxy) is 1. The van der Waals surface area contributed by atoms with E-state index in [-0.39, 0.29) is 11.1 Å². The molecule has 0 bridgehead atoms. The second-order valence-corrected chi connectivity index (χ2v) is 9.68. The number of nitrogens with zero attached hydrogens (tertiary/aromatic N) is 2. The van der Waals surface area contributed by atoms with Crippen LogP contribution >= 0.6 is 0 Å². The van der Waals surface area contributed by atoms with Crippen molar-refractivity contribution in [1.82, 2.24) is 15.3 Å². The lowest BCUT2D eigenvalue weighted by Gasteiger charge is -2.46. The lowest BCUT2D eigenvalue weighted by Crippen LogP contribution is -2.60. The summed E-state index contributed by atoms with van der Waals surface area (Å²) in [7, 11) is 0. The molecule has 1 aliphatic rings. The van der Waals surface area contributed by atoms with Crippen LogP contribution in [0.4, 0.5) is 5.82 Å². The zero-order chi connectivity index (χ0) is 21.9. The number of aromatic nitrogens is 2. The summed E-state index contributed by atoms with van der Waals surface area (Å²) in [5, 5.41) is 7.38. The molecule has 31 heavy (non-hydrogen) atoms. The van der Waals surface area contributed by atoms with Gasteiger partial charge in [0.2, 0.25) is 0 Å². The molecule has 2 heterocycles. The van der Waals surface area contributed by atoms with E-state index in [2.05, 4.69) is 55.4 Å². The Hall–Kier alpha value is -2.92. The van der Waals surface area contributed by atoms with Gasteiger partial charge in [0.25, 0.3) is 0 Å². The van der Waals surface area contributed by atoms with Gasteiger partial charge in [-0.15, -0.1) is 0 Å². The molecule has 0 spiro atoms. The van der Waals surface area contributed by atoms with Crippen molar-refractivity contribution < 1.29 is 4.74 Å². The van der Waals surface area contributed by atoms with E-state index in [1.165, 1.54) is 0 Å². The van der Waals surface area contributed by atoms with Gasteiger partial charge in [0, 0.05) is 23.3 Å². The summed E-state index contributed by atoms with van der Waals surface area (Å²) in [5.41, 5.74) is 2.18. The van der Waals surface area contributed by atoms with Crippen LogP contribution in [0.2, 0.25) is 0 Å². The Kier molecular flexibility index (Phi) is 5.96. The highest BCUT2D eigenvalue weighted by molar-refractivity contribution is 5.65. The molecule has 1 saturated heterocycles. The average Bonchev–Trinajstić information content (AvgIpc) is 2.71. The Balaban J connectivity index is 1.52. The van der Waals surface area contributed by atoms with Gasteiger partial charge < -0.3 is 15.4 Å². The average molecular weight is 417 g/mol. The predicted molar refractivity (Wildman–Crippen MR) is 126 cm³/mol. The van der Waals surface area contributed by atoms with E-state index in [1.54, 1.807) is 0 Å². The number of rotatable bonds is 6. The van der Waals surface area contributed by atoms with E-state index >= 15 is 0 Å². The molecule has 1 aromatic heterocycles. The van der Waals surface area contributed by atoms with E-state index in [4.69, 9.17) is 9.72 Å². The number of piperidine rings is 1. The molecule has 3 aromatic rings. The minimum Gasteiger partial charge on any atom is -0.488 e. The molecular formula is C26H32N4O. The van der Waals surface area contributed by atoms with Crippen LogP contribution in [-0.2, 0) is 6.61 Å². The lowest BCUT2D eigenvalue weighted by molar-refractivity contribution is 0.170. The van der Waals surface area contributed by atoms with E-state index in [1.807, 2.05) is 54.7 Å². The molecule has 5 nitrogen and oxygen atoms in total. The van der Waals surface area contributed by atoms with E-state index in [0.717, 1.165) is 35.5 Å². The van der Waals surface area contributed by atoms with Gasteiger partial charge in [-0.1, -0.05) is 42.5 Å². The largest absolute Gasteiger partial charge is 0.488 e. The standard InChI is InChI=1S/C26H32N4O/c1-25(2)16-20(17-26(3,4)30-25)28-23-14-15-27-24(29-23)21-12-8-9-13-22(21)31-18-19-10-6-5-7-11-19/h5-15,20,30H,16-18H2,1-4H3,(H,27,28,29).